The Bertz CT molecular complexity index is 1260. The third-order valence-corrected chi connectivity index (χ3v) is 8.46. The van der Waals surface area contributed by atoms with Gasteiger partial charge >= 0.3 is 5.97 Å². The van der Waals surface area contributed by atoms with Gasteiger partial charge in [0.25, 0.3) is 0 Å². The van der Waals surface area contributed by atoms with Crippen LogP contribution in [0, 0.1) is 17.8 Å². The molecule has 1 aliphatic heterocycles. The molecule has 1 saturated heterocycles. The Hall–Kier alpha value is -3.53. The molecule has 2 aromatic rings. The zero-order valence-electron chi connectivity index (χ0n) is 23.4. The number of fused-ring (bicyclic) bond motifs is 1. The lowest BCUT2D eigenvalue weighted by molar-refractivity contribution is -0.153. The number of esters is 1. The number of aliphatic hydroxyl groups excluding tert-OH is 3. The number of aromatic nitrogens is 3. The molecule has 2 aromatic heterocycles. The minimum Gasteiger partial charge on any atom is -0.464 e. The highest BCUT2D eigenvalue weighted by atomic mass is 16.5. The van der Waals surface area contributed by atoms with Gasteiger partial charge in [0.1, 0.15) is 30.7 Å². The number of rotatable bonds is 10. The number of guanidine groups is 1. The van der Waals surface area contributed by atoms with Gasteiger partial charge in [-0.25, -0.2) is 15.0 Å². The highest BCUT2D eigenvalue weighted by Crippen LogP contribution is 2.40. The van der Waals surface area contributed by atoms with Gasteiger partial charge in [-0.15, -0.1) is 0 Å². The number of H-pyrrole nitrogens is 1. The fourth-order valence-electron chi connectivity index (χ4n) is 6.41. The van der Waals surface area contributed by atoms with Gasteiger partial charge in [-0.3, -0.25) is 14.9 Å². The summed E-state index contributed by atoms with van der Waals surface area (Å²) in [6, 6.07) is -2.61. The number of nitrogens with one attached hydrogen (secondary N) is 3. The molecule has 226 valence electrons. The van der Waals surface area contributed by atoms with Gasteiger partial charge in [0.05, 0.1) is 35.7 Å². The fraction of sp³-hybridized carbons (Fsp3) is 0.654. The molecule has 4 rings (SSSR count). The number of aliphatic hydroxyl groups is 3. The van der Waals surface area contributed by atoms with Crippen molar-refractivity contribution < 1.29 is 29.6 Å². The quantitative estimate of drug-likeness (QED) is 0.0881. The van der Waals surface area contributed by atoms with Crippen molar-refractivity contribution in [3.8, 4) is 0 Å². The lowest BCUT2D eigenvalue weighted by Crippen LogP contribution is -2.51. The van der Waals surface area contributed by atoms with E-state index in [1.165, 1.54) is 13.3 Å². The molecule has 0 spiro atoms. The second-order valence-electron chi connectivity index (χ2n) is 10.9. The summed E-state index contributed by atoms with van der Waals surface area (Å²) in [4.78, 5) is 40.8. The van der Waals surface area contributed by atoms with E-state index in [4.69, 9.17) is 21.9 Å². The van der Waals surface area contributed by atoms with Crippen molar-refractivity contribution in [1.82, 2.24) is 25.6 Å². The summed E-state index contributed by atoms with van der Waals surface area (Å²) < 4.78 is 5.56. The van der Waals surface area contributed by atoms with Gasteiger partial charge in [-0.2, -0.15) is 0 Å². The topological polar surface area (TPSA) is 260 Å². The molecule has 2 aliphatic rings. The molecule has 0 bridgehead atoms. The van der Waals surface area contributed by atoms with Crippen molar-refractivity contribution in [1.29, 1.82) is 0 Å². The summed E-state index contributed by atoms with van der Waals surface area (Å²) >= 11 is 0. The minimum atomic E-state index is -1.26. The van der Waals surface area contributed by atoms with Crippen LogP contribution in [0.4, 0.5) is 5.82 Å². The number of hydrogen-bond donors (Lipinski definition) is 9. The zero-order valence-corrected chi connectivity index (χ0v) is 23.4. The third-order valence-electron chi connectivity index (χ3n) is 8.46. The summed E-state index contributed by atoms with van der Waals surface area (Å²) in [5.74, 6) is -2.46. The monoisotopic (exact) mass is 575 g/mol. The van der Waals surface area contributed by atoms with Crippen LogP contribution in [0.15, 0.2) is 17.5 Å². The van der Waals surface area contributed by atoms with E-state index in [2.05, 4.69) is 30.6 Å². The van der Waals surface area contributed by atoms with Gasteiger partial charge in [-0.1, -0.05) is 26.7 Å². The molecule has 0 aromatic carbocycles. The molecule has 41 heavy (non-hydrogen) atoms. The Balaban J connectivity index is 1.48. The van der Waals surface area contributed by atoms with E-state index >= 15 is 0 Å². The molecule has 15 heteroatoms. The predicted octanol–water partition coefficient (Wildman–Crippen LogP) is -1.60. The van der Waals surface area contributed by atoms with Crippen LogP contribution >= 0.6 is 0 Å². The Labute approximate surface area is 237 Å². The highest BCUT2D eigenvalue weighted by molar-refractivity contribution is 5.87. The number of ether oxygens (including phenoxy) is 1. The van der Waals surface area contributed by atoms with Crippen molar-refractivity contribution in [2.45, 2.75) is 82.5 Å². The first-order valence-electron chi connectivity index (χ1n) is 13.9. The van der Waals surface area contributed by atoms with E-state index in [-0.39, 0.29) is 36.6 Å². The summed E-state index contributed by atoms with van der Waals surface area (Å²) in [6.45, 7) is 5.12. The van der Waals surface area contributed by atoms with E-state index in [0.29, 0.717) is 16.6 Å². The SMILES string of the molecule is CCC(CC)[C@H](NC(C)=O)C1C(N=C(N)N)C[C@H](C(=O)OC[C@@H]2N[C@@H](c3c[nH]c4c(N)ncnc34)[C@@H](O)[C@@H]2O)C1O. The molecule has 1 aliphatic carbocycles. The average Bonchev–Trinajstić information content (AvgIpc) is 3.57. The number of nitrogen functional groups attached to an aromatic ring is 1. The van der Waals surface area contributed by atoms with Crippen molar-refractivity contribution in [3.05, 3.63) is 18.1 Å². The third kappa shape index (κ3) is 6.07. The van der Waals surface area contributed by atoms with Crippen molar-refractivity contribution in [2.24, 2.45) is 34.2 Å². The van der Waals surface area contributed by atoms with Gasteiger partial charge in [0.2, 0.25) is 5.91 Å². The predicted molar refractivity (Wildman–Crippen MR) is 150 cm³/mol. The molecule has 2 fully saturated rings. The number of aromatic amines is 1. The minimum absolute atomic E-state index is 0.0198. The Kier molecular flexibility index (Phi) is 9.31. The summed E-state index contributed by atoms with van der Waals surface area (Å²) in [7, 11) is 0. The number of aliphatic imine (C=N–C) groups is 1. The summed E-state index contributed by atoms with van der Waals surface area (Å²) in [5.41, 5.74) is 18.8. The summed E-state index contributed by atoms with van der Waals surface area (Å²) in [6.07, 6.45) is 0.844. The number of carbonyl (C=O) groups excluding carboxylic acids is 2. The standard InChI is InChI=1S/C26H41N9O6/c1-4-11(5-2)17(33-10(3)36)16-14(35-26(28)29)6-12(21(16)37)25(40)41-8-15-22(38)23(39)19(34-15)13-7-30-20-18(13)31-9-32-24(20)27/h7,9,11-12,14-17,19,21-23,30,34,37-39H,4-6,8H2,1-3H3,(H,33,36)(H2,27,31,32)(H4,28,29,35)/t12-,14?,15-,16?,17-,19-,21?,22+,23+/m0/s1. The first-order chi connectivity index (χ1) is 19.5. The normalized spacial score (nSPS) is 30.4. The van der Waals surface area contributed by atoms with E-state index in [9.17, 15) is 24.9 Å². The van der Waals surface area contributed by atoms with E-state index in [1.54, 1.807) is 6.20 Å². The average molecular weight is 576 g/mol. The molecular weight excluding hydrogens is 534 g/mol. The number of carbonyl (C=O) groups is 2. The number of hydrogen-bond acceptors (Lipinski definition) is 11. The molecule has 12 N–H and O–H groups in total. The van der Waals surface area contributed by atoms with Crippen LogP contribution in [0.25, 0.3) is 11.0 Å². The Morgan fingerprint density at radius 2 is 1.88 bits per heavy atom. The number of anilines is 1. The second-order valence-corrected chi connectivity index (χ2v) is 10.9. The number of nitrogens with zero attached hydrogens (tertiary/aromatic N) is 3. The van der Waals surface area contributed by atoms with Crippen LogP contribution in [0.3, 0.4) is 0 Å². The van der Waals surface area contributed by atoms with Gasteiger partial charge in [0.15, 0.2) is 11.8 Å². The van der Waals surface area contributed by atoms with Crippen LogP contribution < -0.4 is 27.8 Å². The lowest BCUT2D eigenvalue weighted by atomic mass is 9.80. The molecule has 9 atom stereocenters. The molecule has 1 saturated carbocycles. The molecule has 1 amide bonds. The van der Waals surface area contributed by atoms with Crippen LogP contribution in [-0.2, 0) is 14.3 Å². The molecule has 15 nitrogen and oxygen atoms in total. The van der Waals surface area contributed by atoms with Crippen molar-refractivity contribution >= 4 is 34.7 Å². The smallest absolute Gasteiger partial charge is 0.311 e. The first-order valence-corrected chi connectivity index (χ1v) is 13.9. The first kappa shape index (κ1) is 30.4. The largest absolute Gasteiger partial charge is 0.464 e. The number of nitrogens with two attached hydrogens (primary N) is 3. The van der Waals surface area contributed by atoms with Crippen molar-refractivity contribution in [3.63, 3.8) is 0 Å². The van der Waals surface area contributed by atoms with E-state index < -0.39 is 60.3 Å². The number of amides is 1. The van der Waals surface area contributed by atoms with Gasteiger partial charge < -0.3 is 47.6 Å². The maximum atomic E-state index is 13.3. The fourth-order valence-corrected chi connectivity index (χ4v) is 6.41. The maximum absolute atomic E-state index is 13.3. The summed E-state index contributed by atoms with van der Waals surface area (Å²) in [5, 5.41) is 38.9. The highest BCUT2D eigenvalue weighted by Gasteiger charge is 2.52. The molecule has 0 radical (unpaired) electrons. The maximum Gasteiger partial charge on any atom is 0.311 e. The van der Waals surface area contributed by atoms with Gasteiger partial charge in [-0.05, 0) is 12.3 Å². The molecular formula is C26H41N9O6. The lowest BCUT2D eigenvalue weighted by Gasteiger charge is -2.35. The zero-order chi connectivity index (χ0) is 30.0. The van der Waals surface area contributed by atoms with Crippen LogP contribution in [0.2, 0.25) is 0 Å². The van der Waals surface area contributed by atoms with E-state index in [1.807, 2.05) is 13.8 Å². The molecule has 3 unspecified atom stereocenters. The van der Waals surface area contributed by atoms with Crippen molar-refractivity contribution in [2.75, 3.05) is 12.3 Å². The van der Waals surface area contributed by atoms with Crippen LogP contribution in [0.1, 0.15) is 51.6 Å². The Morgan fingerprint density at radius 3 is 2.51 bits per heavy atom. The van der Waals surface area contributed by atoms with Crippen LogP contribution in [0.5, 0.6) is 0 Å². The molecule has 3 heterocycles. The van der Waals surface area contributed by atoms with Gasteiger partial charge in [0, 0.05) is 30.6 Å². The van der Waals surface area contributed by atoms with E-state index in [0.717, 1.165) is 12.8 Å². The second kappa shape index (κ2) is 12.5. The van der Waals surface area contributed by atoms with Crippen LogP contribution in [-0.4, -0.2) is 91.2 Å². The Morgan fingerprint density at radius 1 is 1.17 bits per heavy atom.